The predicted octanol–water partition coefficient (Wildman–Crippen LogP) is 2.94. The number of aliphatic hydroxyl groups is 1. The molecule has 0 saturated heterocycles. The van der Waals surface area contributed by atoms with E-state index in [-0.39, 0.29) is 12.6 Å². The van der Waals surface area contributed by atoms with Crippen molar-refractivity contribution >= 4 is 23.4 Å². The maximum Gasteiger partial charge on any atom is 0.131 e. The number of aliphatic hydroxyl groups excluding tert-OH is 1. The molecular formula is C16H22ClN3OS. The van der Waals surface area contributed by atoms with Crippen LogP contribution in [0.1, 0.15) is 12.0 Å². The molecule has 0 aliphatic heterocycles. The molecule has 0 aliphatic rings. The van der Waals surface area contributed by atoms with E-state index >= 15 is 0 Å². The van der Waals surface area contributed by atoms with E-state index < -0.39 is 0 Å². The van der Waals surface area contributed by atoms with Crippen molar-refractivity contribution in [3.05, 3.63) is 41.0 Å². The van der Waals surface area contributed by atoms with Gasteiger partial charge in [-0.3, -0.25) is 4.68 Å². The number of benzene rings is 1. The second-order valence-electron chi connectivity index (χ2n) is 5.15. The van der Waals surface area contributed by atoms with Crippen molar-refractivity contribution in [3.63, 3.8) is 0 Å². The number of thioether (sulfide) groups is 1. The fraction of sp³-hybridized carbons (Fsp3) is 0.438. The second-order valence-corrected chi connectivity index (χ2v) is 6.42. The first kappa shape index (κ1) is 17.3. The van der Waals surface area contributed by atoms with E-state index in [0.717, 1.165) is 29.0 Å². The quantitative estimate of drug-likeness (QED) is 0.776. The zero-order chi connectivity index (χ0) is 15.9. The summed E-state index contributed by atoms with van der Waals surface area (Å²) in [6.45, 7) is 0.826. The summed E-state index contributed by atoms with van der Waals surface area (Å²) in [6, 6.07) is 10.3. The molecule has 0 saturated carbocycles. The highest BCUT2D eigenvalue weighted by atomic mass is 35.5. The number of aryl methyl sites for hydroxylation is 1. The third kappa shape index (κ3) is 4.26. The van der Waals surface area contributed by atoms with Gasteiger partial charge in [0.15, 0.2) is 0 Å². The third-order valence-corrected chi connectivity index (χ3v) is 4.74. The minimum Gasteiger partial charge on any atom is -0.396 e. The molecule has 22 heavy (non-hydrogen) atoms. The van der Waals surface area contributed by atoms with Crippen LogP contribution in [-0.2, 0) is 13.6 Å². The van der Waals surface area contributed by atoms with Gasteiger partial charge in [-0.25, -0.2) is 0 Å². The molecule has 0 spiro atoms. The van der Waals surface area contributed by atoms with Gasteiger partial charge in [-0.1, -0.05) is 41.9 Å². The fourth-order valence-corrected chi connectivity index (χ4v) is 3.26. The lowest BCUT2D eigenvalue weighted by Crippen LogP contribution is -2.32. The van der Waals surface area contributed by atoms with Crippen LogP contribution in [0.3, 0.4) is 0 Å². The van der Waals surface area contributed by atoms with E-state index in [9.17, 15) is 0 Å². The van der Waals surface area contributed by atoms with Crippen molar-refractivity contribution in [2.75, 3.05) is 18.6 Å². The topological polar surface area (TPSA) is 50.1 Å². The van der Waals surface area contributed by atoms with Gasteiger partial charge in [-0.05, 0) is 12.7 Å². The summed E-state index contributed by atoms with van der Waals surface area (Å²) in [4.78, 5) is 0. The largest absolute Gasteiger partial charge is 0.396 e. The van der Waals surface area contributed by atoms with Crippen molar-refractivity contribution in [1.29, 1.82) is 0 Å². The normalized spacial score (nSPS) is 12.5. The molecule has 2 N–H and O–H groups in total. The van der Waals surface area contributed by atoms with Gasteiger partial charge in [0.2, 0.25) is 0 Å². The average molecular weight is 340 g/mol. The van der Waals surface area contributed by atoms with Gasteiger partial charge in [0.05, 0.1) is 5.69 Å². The SMILES string of the molecule is CSCC(CCO)NCc1c(-c2ccccc2)nn(C)c1Cl. The molecule has 120 valence electrons. The molecule has 2 rings (SSSR count). The van der Waals surface area contributed by atoms with Crippen molar-refractivity contribution in [2.24, 2.45) is 7.05 Å². The molecule has 2 aromatic rings. The van der Waals surface area contributed by atoms with E-state index in [2.05, 4.69) is 16.7 Å². The molecule has 6 heteroatoms. The highest BCUT2D eigenvalue weighted by molar-refractivity contribution is 7.98. The molecule has 1 atom stereocenters. The maximum atomic E-state index is 9.16. The van der Waals surface area contributed by atoms with Gasteiger partial charge >= 0.3 is 0 Å². The van der Waals surface area contributed by atoms with Gasteiger partial charge in [-0.15, -0.1) is 0 Å². The third-order valence-electron chi connectivity index (χ3n) is 3.53. The Balaban J connectivity index is 2.19. The molecule has 1 aromatic heterocycles. The standard InChI is InChI=1S/C16H22ClN3OS/c1-20-16(17)14(10-18-13(8-9-21)11-22-2)15(19-20)12-6-4-3-5-7-12/h3-7,13,18,21H,8-11H2,1-2H3. The van der Waals surface area contributed by atoms with Crippen molar-refractivity contribution in [2.45, 2.75) is 19.0 Å². The molecule has 4 nitrogen and oxygen atoms in total. The smallest absolute Gasteiger partial charge is 0.131 e. The summed E-state index contributed by atoms with van der Waals surface area (Å²) >= 11 is 8.17. The number of halogens is 1. The van der Waals surface area contributed by atoms with Gasteiger partial charge < -0.3 is 10.4 Å². The van der Waals surface area contributed by atoms with Crippen LogP contribution in [0.2, 0.25) is 5.15 Å². The number of hydrogen-bond acceptors (Lipinski definition) is 4. The Hall–Kier alpha value is -1.01. The van der Waals surface area contributed by atoms with Crippen molar-refractivity contribution in [1.82, 2.24) is 15.1 Å². The Morgan fingerprint density at radius 3 is 2.73 bits per heavy atom. The van der Waals surface area contributed by atoms with E-state index in [0.29, 0.717) is 11.7 Å². The van der Waals surface area contributed by atoms with Crippen LogP contribution in [0, 0.1) is 0 Å². The summed E-state index contributed by atoms with van der Waals surface area (Å²) in [5, 5.41) is 17.8. The van der Waals surface area contributed by atoms with Crippen molar-refractivity contribution in [3.8, 4) is 11.3 Å². The first-order valence-electron chi connectivity index (χ1n) is 7.27. The molecule has 1 aromatic carbocycles. The van der Waals surface area contributed by atoms with E-state index in [1.807, 2.05) is 37.4 Å². The Labute approximate surface area is 140 Å². The minimum absolute atomic E-state index is 0.185. The zero-order valence-electron chi connectivity index (χ0n) is 12.9. The Bertz CT molecular complexity index is 583. The lowest BCUT2D eigenvalue weighted by Gasteiger charge is -2.16. The van der Waals surface area contributed by atoms with Crippen LogP contribution >= 0.6 is 23.4 Å². The Morgan fingerprint density at radius 2 is 2.09 bits per heavy atom. The lowest BCUT2D eigenvalue weighted by molar-refractivity contribution is 0.270. The summed E-state index contributed by atoms with van der Waals surface area (Å²) in [5.41, 5.74) is 2.97. The van der Waals surface area contributed by atoms with Crippen LogP contribution in [0.25, 0.3) is 11.3 Å². The fourth-order valence-electron chi connectivity index (χ4n) is 2.38. The lowest BCUT2D eigenvalue weighted by atomic mass is 10.1. The molecule has 0 radical (unpaired) electrons. The summed E-state index contributed by atoms with van der Waals surface area (Å²) in [5.74, 6) is 0.957. The minimum atomic E-state index is 0.185. The van der Waals surface area contributed by atoms with E-state index in [1.54, 1.807) is 16.4 Å². The summed E-state index contributed by atoms with van der Waals surface area (Å²) < 4.78 is 1.70. The number of rotatable bonds is 8. The van der Waals surface area contributed by atoms with E-state index in [4.69, 9.17) is 16.7 Å². The van der Waals surface area contributed by atoms with Gasteiger partial charge in [0.25, 0.3) is 0 Å². The maximum absolute atomic E-state index is 9.16. The highest BCUT2D eigenvalue weighted by Crippen LogP contribution is 2.28. The highest BCUT2D eigenvalue weighted by Gasteiger charge is 2.17. The molecule has 0 amide bonds. The van der Waals surface area contributed by atoms with Gasteiger partial charge in [-0.2, -0.15) is 16.9 Å². The van der Waals surface area contributed by atoms with Crippen molar-refractivity contribution < 1.29 is 5.11 Å². The first-order valence-corrected chi connectivity index (χ1v) is 9.04. The average Bonchev–Trinajstić information content (AvgIpc) is 2.82. The summed E-state index contributed by atoms with van der Waals surface area (Å²) in [6.07, 6.45) is 2.80. The zero-order valence-corrected chi connectivity index (χ0v) is 14.5. The van der Waals surface area contributed by atoms with Crippen LogP contribution < -0.4 is 5.32 Å². The van der Waals surface area contributed by atoms with Crippen LogP contribution in [0.4, 0.5) is 0 Å². The Morgan fingerprint density at radius 1 is 1.36 bits per heavy atom. The van der Waals surface area contributed by atoms with Gasteiger partial charge in [0, 0.05) is 43.1 Å². The number of nitrogens with zero attached hydrogens (tertiary/aromatic N) is 2. The van der Waals surface area contributed by atoms with Crippen LogP contribution in [-0.4, -0.2) is 39.5 Å². The van der Waals surface area contributed by atoms with Crippen LogP contribution in [0.15, 0.2) is 30.3 Å². The predicted molar refractivity (Wildman–Crippen MR) is 94.4 cm³/mol. The number of nitrogens with one attached hydrogen (secondary N) is 1. The molecular weight excluding hydrogens is 318 g/mol. The molecule has 0 fully saturated rings. The molecule has 1 unspecified atom stereocenters. The monoisotopic (exact) mass is 339 g/mol. The number of aromatic nitrogens is 2. The van der Waals surface area contributed by atoms with Gasteiger partial charge in [0.1, 0.15) is 5.15 Å². The van der Waals surface area contributed by atoms with Crippen LogP contribution in [0.5, 0.6) is 0 Å². The molecule has 0 aliphatic carbocycles. The summed E-state index contributed by atoms with van der Waals surface area (Å²) in [7, 11) is 1.85. The van der Waals surface area contributed by atoms with E-state index in [1.165, 1.54) is 0 Å². The second kappa shape index (κ2) is 8.58. The molecule has 1 heterocycles. The first-order chi connectivity index (χ1) is 10.7. The number of hydrogen-bond donors (Lipinski definition) is 2. The Kier molecular flexibility index (Phi) is 6.76. The molecule has 0 bridgehead atoms.